The quantitative estimate of drug-likeness (QED) is 0.272. The molecule has 0 fully saturated rings. The molecule has 3 rings (SSSR count). The topological polar surface area (TPSA) is 82.4 Å². The van der Waals surface area contributed by atoms with Crippen LogP contribution >= 0.6 is 23.4 Å². The summed E-state index contributed by atoms with van der Waals surface area (Å²) in [6.45, 7) is 2.70. The van der Waals surface area contributed by atoms with Gasteiger partial charge in [-0.25, -0.2) is 9.48 Å². The molecule has 1 amide bonds. The monoisotopic (exact) mass is 473 g/mol. The average Bonchev–Trinajstić information content (AvgIpc) is 3.10. The van der Waals surface area contributed by atoms with Crippen LogP contribution in [-0.2, 0) is 20.9 Å². The number of aromatic nitrogens is 2. The van der Waals surface area contributed by atoms with Crippen LogP contribution in [0, 0.1) is 6.92 Å². The Labute approximate surface area is 196 Å². The predicted octanol–water partition coefficient (Wildman–Crippen LogP) is 4.05. The fraction of sp³-hybridized carbons (Fsp3) is 0.261. The molecule has 3 aromatic rings. The molecule has 0 unspecified atom stereocenters. The molecule has 9 heteroatoms. The van der Waals surface area contributed by atoms with Crippen LogP contribution < -0.4 is 5.32 Å². The number of hydrogen-bond donors (Lipinski definition) is 1. The Morgan fingerprint density at radius 1 is 1.12 bits per heavy atom. The van der Waals surface area contributed by atoms with Crippen molar-refractivity contribution in [2.24, 2.45) is 0 Å². The van der Waals surface area contributed by atoms with Gasteiger partial charge in [-0.2, -0.15) is 5.10 Å². The van der Waals surface area contributed by atoms with E-state index >= 15 is 0 Å². The lowest BCUT2D eigenvalue weighted by Crippen LogP contribution is -2.28. The Hall–Kier alpha value is -2.81. The van der Waals surface area contributed by atoms with E-state index in [2.05, 4.69) is 10.4 Å². The number of halogens is 1. The lowest BCUT2D eigenvalue weighted by molar-refractivity contribution is -0.118. The summed E-state index contributed by atoms with van der Waals surface area (Å²) in [6, 6.07) is 16.5. The van der Waals surface area contributed by atoms with E-state index < -0.39 is 5.97 Å². The Bertz CT molecular complexity index is 1070. The van der Waals surface area contributed by atoms with Crippen molar-refractivity contribution in [1.29, 1.82) is 0 Å². The van der Waals surface area contributed by atoms with Crippen molar-refractivity contribution in [3.63, 3.8) is 0 Å². The maximum Gasteiger partial charge on any atom is 0.339 e. The molecule has 0 bridgehead atoms. The Morgan fingerprint density at radius 2 is 1.84 bits per heavy atom. The van der Waals surface area contributed by atoms with Gasteiger partial charge in [0.25, 0.3) is 0 Å². The van der Waals surface area contributed by atoms with Crippen molar-refractivity contribution < 1.29 is 19.1 Å². The van der Waals surface area contributed by atoms with Crippen molar-refractivity contribution in [1.82, 2.24) is 15.1 Å². The lowest BCUT2D eigenvalue weighted by atomic mass is 10.2. The van der Waals surface area contributed by atoms with Crippen molar-refractivity contribution in [2.75, 3.05) is 26.0 Å². The number of para-hydroxylation sites is 1. The van der Waals surface area contributed by atoms with Gasteiger partial charge in [-0.05, 0) is 31.2 Å². The molecular formula is C23H24ClN3O4S. The van der Waals surface area contributed by atoms with Gasteiger partial charge in [0.2, 0.25) is 5.91 Å². The molecule has 2 aromatic carbocycles. The summed E-state index contributed by atoms with van der Waals surface area (Å²) in [5, 5.41) is 7.62. The molecule has 0 saturated heterocycles. The molecule has 0 atom stereocenters. The first-order valence-electron chi connectivity index (χ1n) is 9.95. The third-order valence-corrected chi connectivity index (χ3v) is 6.03. The van der Waals surface area contributed by atoms with Gasteiger partial charge in [-0.15, -0.1) is 11.8 Å². The maximum atomic E-state index is 12.8. The number of ether oxygens (including phenoxy) is 2. The fourth-order valence-electron chi connectivity index (χ4n) is 2.90. The summed E-state index contributed by atoms with van der Waals surface area (Å²) in [6.07, 6.45) is 0. The Balaban J connectivity index is 1.65. The second-order valence-corrected chi connectivity index (χ2v) is 8.18. The molecule has 1 N–H and O–H groups in total. The number of hydrogen-bond acceptors (Lipinski definition) is 6. The van der Waals surface area contributed by atoms with Gasteiger partial charge in [0, 0.05) is 24.1 Å². The molecule has 1 heterocycles. The van der Waals surface area contributed by atoms with Crippen LogP contribution in [0.2, 0.25) is 5.15 Å². The number of benzene rings is 2. The number of nitrogens with zero attached hydrogens (tertiary/aromatic N) is 2. The first-order valence-corrected chi connectivity index (χ1v) is 11.3. The maximum absolute atomic E-state index is 12.8. The van der Waals surface area contributed by atoms with E-state index in [0.717, 1.165) is 5.69 Å². The molecule has 0 radical (unpaired) electrons. The number of rotatable bonds is 10. The van der Waals surface area contributed by atoms with Crippen molar-refractivity contribution >= 4 is 35.2 Å². The summed E-state index contributed by atoms with van der Waals surface area (Å²) in [5.74, 6) is -0.440. The Morgan fingerprint density at radius 3 is 2.59 bits per heavy atom. The van der Waals surface area contributed by atoms with Gasteiger partial charge in [0.05, 0.1) is 29.3 Å². The van der Waals surface area contributed by atoms with Crippen molar-refractivity contribution in [3.8, 4) is 5.69 Å². The van der Waals surface area contributed by atoms with Crippen LogP contribution in [0.1, 0.15) is 21.6 Å². The molecule has 1 aromatic heterocycles. The molecule has 168 valence electrons. The van der Waals surface area contributed by atoms with Crippen LogP contribution in [0.25, 0.3) is 5.69 Å². The largest absolute Gasteiger partial charge is 0.457 e. The van der Waals surface area contributed by atoms with Gasteiger partial charge in [0.1, 0.15) is 11.8 Å². The zero-order valence-electron chi connectivity index (χ0n) is 17.8. The highest BCUT2D eigenvalue weighted by Gasteiger charge is 2.19. The highest BCUT2D eigenvalue weighted by molar-refractivity contribution is 8.00. The van der Waals surface area contributed by atoms with E-state index in [1.165, 1.54) is 11.8 Å². The van der Waals surface area contributed by atoms with Crippen molar-refractivity contribution in [2.45, 2.75) is 18.4 Å². The first kappa shape index (κ1) is 23.8. The van der Waals surface area contributed by atoms with Gasteiger partial charge in [0.15, 0.2) is 0 Å². The second kappa shape index (κ2) is 11.7. The minimum Gasteiger partial charge on any atom is -0.457 e. The van der Waals surface area contributed by atoms with Crippen LogP contribution in [0.15, 0.2) is 59.5 Å². The smallest absolute Gasteiger partial charge is 0.339 e. The summed E-state index contributed by atoms with van der Waals surface area (Å²) in [4.78, 5) is 25.4. The third kappa shape index (κ3) is 6.12. The second-order valence-electron chi connectivity index (χ2n) is 6.81. The van der Waals surface area contributed by atoms with Crippen LogP contribution in [0.3, 0.4) is 0 Å². The molecule has 0 aliphatic heterocycles. The van der Waals surface area contributed by atoms with Crippen LogP contribution in [0.4, 0.5) is 0 Å². The summed E-state index contributed by atoms with van der Waals surface area (Å²) < 4.78 is 12.1. The average molecular weight is 474 g/mol. The standard InChI is InChI=1S/C23H24ClN3O4S/c1-16-19(22(24)27(26-16)17-8-4-3-5-9-17)14-31-23(29)18-10-6-7-11-20(18)32-15-21(28)25-12-13-30-2/h3-11H,12-15H2,1-2H3,(H,25,28). The summed E-state index contributed by atoms with van der Waals surface area (Å²) in [7, 11) is 1.57. The number of carbonyl (C=O) groups is 2. The van der Waals surface area contributed by atoms with Gasteiger partial charge >= 0.3 is 5.97 Å². The molecule has 32 heavy (non-hydrogen) atoms. The van der Waals surface area contributed by atoms with Crippen LogP contribution in [0.5, 0.6) is 0 Å². The van der Waals surface area contributed by atoms with E-state index in [0.29, 0.717) is 40.0 Å². The molecule has 0 saturated carbocycles. The number of thioether (sulfide) groups is 1. The molecule has 0 aliphatic carbocycles. The van der Waals surface area contributed by atoms with E-state index in [9.17, 15) is 9.59 Å². The number of esters is 1. The minimum atomic E-state index is -0.490. The summed E-state index contributed by atoms with van der Waals surface area (Å²) in [5.41, 5.74) is 2.55. The molecule has 0 spiro atoms. The number of nitrogens with one attached hydrogen (secondary N) is 1. The number of carbonyl (C=O) groups excluding carboxylic acids is 2. The molecule has 0 aliphatic rings. The summed E-state index contributed by atoms with van der Waals surface area (Å²) >= 11 is 7.79. The molecular weight excluding hydrogens is 450 g/mol. The zero-order valence-corrected chi connectivity index (χ0v) is 19.4. The van der Waals surface area contributed by atoms with E-state index in [4.69, 9.17) is 21.1 Å². The van der Waals surface area contributed by atoms with E-state index in [1.54, 1.807) is 30.0 Å². The zero-order chi connectivity index (χ0) is 22.9. The highest BCUT2D eigenvalue weighted by atomic mass is 35.5. The Kier molecular flexibility index (Phi) is 8.72. The highest BCUT2D eigenvalue weighted by Crippen LogP contribution is 2.26. The predicted molar refractivity (Wildman–Crippen MR) is 124 cm³/mol. The molecule has 7 nitrogen and oxygen atoms in total. The lowest BCUT2D eigenvalue weighted by Gasteiger charge is -2.10. The van der Waals surface area contributed by atoms with Gasteiger partial charge < -0.3 is 14.8 Å². The number of methoxy groups -OCH3 is 1. The van der Waals surface area contributed by atoms with E-state index in [1.807, 2.05) is 43.3 Å². The van der Waals surface area contributed by atoms with E-state index in [-0.39, 0.29) is 18.3 Å². The van der Waals surface area contributed by atoms with Gasteiger partial charge in [-0.1, -0.05) is 41.9 Å². The number of aryl methyl sites for hydroxylation is 1. The fourth-order valence-corrected chi connectivity index (χ4v) is 4.10. The van der Waals surface area contributed by atoms with Crippen molar-refractivity contribution in [3.05, 3.63) is 76.6 Å². The minimum absolute atomic E-state index is 0.00710. The van der Waals surface area contributed by atoms with Crippen LogP contribution in [-0.4, -0.2) is 47.7 Å². The van der Waals surface area contributed by atoms with Gasteiger partial charge in [-0.3, -0.25) is 4.79 Å². The number of amides is 1. The normalized spacial score (nSPS) is 10.7. The third-order valence-electron chi connectivity index (χ3n) is 4.56. The SMILES string of the molecule is COCCNC(=O)CSc1ccccc1C(=O)OCc1c(C)nn(-c2ccccc2)c1Cl. The first-order chi connectivity index (χ1) is 15.5.